The lowest BCUT2D eigenvalue weighted by Gasteiger charge is -2.34. The molecule has 1 saturated heterocycles. The maximum Gasteiger partial charge on any atom is 0.242 e. The monoisotopic (exact) mass is 388 g/mol. The Kier molecular flexibility index (Phi) is 7.28. The predicted octanol–water partition coefficient (Wildman–Crippen LogP) is 0.770. The second kappa shape index (κ2) is 9.89. The van der Waals surface area contributed by atoms with E-state index in [1.165, 1.54) is 11.1 Å². The molecule has 1 aromatic rings. The Labute approximate surface area is 167 Å². The molecule has 2 aliphatic heterocycles. The first-order valence-electron chi connectivity index (χ1n) is 10.3. The molecule has 2 aliphatic rings. The number of rotatable bonds is 8. The second-order valence-corrected chi connectivity index (χ2v) is 7.67. The number of carbonyl (C=O) groups is 2. The van der Waals surface area contributed by atoms with Gasteiger partial charge < -0.3 is 15.4 Å². The van der Waals surface area contributed by atoms with Gasteiger partial charge in [-0.1, -0.05) is 19.1 Å². The van der Waals surface area contributed by atoms with E-state index in [4.69, 9.17) is 4.74 Å². The first kappa shape index (κ1) is 20.6. The summed E-state index contributed by atoms with van der Waals surface area (Å²) in [5.74, 6) is 0.808. The molecule has 0 saturated carbocycles. The summed E-state index contributed by atoms with van der Waals surface area (Å²) < 4.78 is 5.57. The van der Waals surface area contributed by atoms with Gasteiger partial charge in [0.15, 0.2) is 0 Å². The zero-order chi connectivity index (χ0) is 19.9. The Hall–Kier alpha value is -2.12. The predicted molar refractivity (Wildman–Crippen MR) is 108 cm³/mol. The van der Waals surface area contributed by atoms with Crippen molar-refractivity contribution in [1.29, 1.82) is 0 Å². The summed E-state index contributed by atoms with van der Waals surface area (Å²) in [5.41, 5.74) is 2.63. The van der Waals surface area contributed by atoms with Crippen LogP contribution < -0.4 is 15.4 Å². The van der Waals surface area contributed by atoms with Gasteiger partial charge in [-0.3, -0.25) is 19.4 Å². The van der Waals surface area contributed by atoms with Gasteiger partial charge in [0.05, 0.1) is 13.2 Å². The van der Waals surface area contributed by atoms with Crippen LogP contribution in [0.4, 0.5) is 0 Å². The van der Waals surface area contributed by atoms with Crippen LogP contribution in [-0.4, -0.2) is 73.5 Å². The molecule has 7 heteroatoms. The fraction of sp³-hybridized carbons (Fsp3) is 0.619. The van der Waals surface area contributed by atoms with Crippen LogP contribution in [0.15, 0.2) is 18.2 Å². The van der Waals surface area contributed by atoms with Crippen LogP contribution in [0.1, 0.15) is 31.4 Å². The van der Waals surface area contributed by atoms with Crippen LogP contribution in [0.25, 0.3) is 0 Å². The smallest absolute Gasteiger partial charge is 0.242 e. The summed E-state index contributed by atoms with van der Waals surface area (Å²) in [6.45, 7) is 10.0. The van der Waals surface area contributed by atoms with Crippen LogP contribution in [0.5, 0.6) is 5.75 Å². The Balaban J connectivity index is 1.38. The Bertz CT molecular complexity index is 686. The standard InChI is InChI=1S/C21H32N4O3/c1-3-7-22-21(27)16(2)23-20(26)15-25-10-8-24(9-11-25)14-17-4-5-19-18(13-17)6-12-28-19/h4-5,13,16H,3,6-12,14-15H2,1-2H3,(H,22,27)(H,23,26)/t16-/m0/s1. The van der Waals surface area contributed by atoms with Gasteiger partial charge in [-0.05, 0) is 30.5 Å². The largest absolute Gasteiger partial charge is 0.493 e. The summed E-state index contributed by atoms with van der Waals surface area (Å²) in [7, 11) is 0. The first-order valence-corrected chi connectivity index (χ1v) is 10.3. The molecule has 0 unspecified atom stereocenters. The van der Waals surface area contributed by atoms with Gasteiger partial charge in [0.2, 0.25) is 11.8 Å². The lowest BCUT2D eigenvalue weighted by atomic mass is 10.1. The number of hydrogen-bond acceptors (Lipinski definition) is 5. The lowest BCUT2D eigenvalue weighted by Crippen LogP contribution is -2.52. The molecular weight excluding hydrogens is 356 g/mol. The van der Waals surface area contributed by atoms with E-state index in [9.17, 15) is 9.59 Å². The van der Waals surface area contributed by atoms with Crippen LogP contribution in [0.3, 0.4) is 0 Å². The topological polar surface area (TPSA) is 73.9 Å². The maximum absolute atomic E-state index is 12.2. The molecule has 1 fully saturated rings. The fourth-order valence-electron chi connectivity index (χ4n) is 3.66. The Morgan fingerprint density at radius 3 is 2.68 bits per heavy atom. The van der Waals surface area contributed by atoms with Gasteiger partial charge in [-0.2, -0.15) is 0 Å². The van der Waals surface area contributed by atoms with Crippen molar-refractivity contribution in [2.24, 2.45) is 0 Å². The minimum absolute atomic E-state index is 0.0915. The van der Waals surface area contributed by atoms with Crippen molar-refractivity contribution < 1.29 is 14.3 Å². The summed E-state index contributed by atoms with van der Waals surface area (Å²) >= 11 is 0. The summed E-state index contributed by atoms with van der Waals surface area (Å²) in [4.78, 5) is 28.7. The van der Waals surface area contributed by atoms with Crippen molar-refractivity contribution in [3.05, 3.63) is 29.3 Å². The number of amides is 2. The SMILES string of the molecule is CCCNC(=O)[C@H](C)NC(=O)CN1CCN(Cc2ccc3c(c2)CCO3)CC1. The molecule has 2 N–H and O–H groups in total. The zero-order valence-electron chi connectivity index (χ0n) is 17.0. The molecule has 0 spiro atoms. The van der Waals surface area contributed by atoms with Gasteiger partial charge >= 0.3 is 0 Å². The molecule has 154 valence electrons. The highest BCUT2D eigenvalue weighted by Gasteiger charge is 2.21. The second-order valence-electron chi connectivity index (χ2n) is 7.67. The van der Waals surface area contributed by atoms with Gasteiger partial charge in [0.25, 0.3) is 0 Å². The molecule has 0 aromatic heterocycles. The van der Waals surface area contributed by atoms with E-state index in [-0.39, 0.29) is 11.8 Å². The number of nitrogens with zero attached hydrogens (tertiary/aromatic N) is 2. The van der Waals surface area contributed by atoms with E-state index in [2.05, 4.69) is 38.6 Å². The van der Waals surface area contributed by atoms with Crippen LogP contribution in [-0.2, 0) is 22.6 Å². The average Bonchev–Trinajstić information content (AvgIpc) is 3.15. The van der Waals surface area contributed by atoms with E-state index in [0.717, 1.165) is 57.9 Å². The third-order valence-electron chi connectivity index (χ3n) is 5.31. The van der Waals surface area contributed by atoms with Crippen molar-refractivity contribution in [3.63, 3.8) is 0 Å². The lowest BCUT2D eigenvalue weighted by molar-refractivity contribution is -0.129. The first-order chi connectivity index (χ1) is 13.5. The van der Waals surface area contributed by atoms with Crippen molar-refractivity contribution in [1.82, 2.24) is 20.4 Å². The normalized spacial score (nSPS) is 18.2. The van der Waals surface area contributed by atoms with Gasteiger partial charge in [-0.15, -0.1) is 0 Å². The van der Waals surface area contributed by atoms with Crippen molar-refractivity contribution in [3.8, 4) is 5.75 Å². The number of ether oxygens (including phenoxy) is 1. The molecule has 28 heavy (non-hydrogen) atoms. The van der Waals surface area contributed by atoms with Crippen molar-refractivity contribution in [2.75, 3.05) is 45.9 Å². The molecule has 1 atom stereocenters. The van der Waals surface area contributed by atoms with Crippen LogP contribution in [0.2, 0.25) is 0 Å². The van der Waals surface area contributed by atoms with Gasteiger partial charge in [0, 0.05) is 45.7 Å². The molecule has 3 rings (SSSR count). The number of carbonyl (C=O) groups excluding carboxylic acids is 2. The molecule has 0 aliphatic carbocycles. The van der Waals surface area contributed by atoms with E-state index in [0.29, 0.717) is 13.1 Å². The molecule has 1 aromatic carbocycles. The number of hydrogen-bond donors (Lipinski definition) is 2. The molecule has 0 bridgehead atoms. The molecule has 2 amide bonds. The summed E-state index contributed by atoms with van der Waals surface area (Å²) in [6.07, 6.45) is 1.89. The van der Waals surface area contributed by atoms with E-state index in [1.54, 1.807) is 6.92 Å². The Morgan fingerprint density at radius 1 is 1.18 bits per heavy atom. The van der Waals surface area contributed by atoms with Gasteiger partial charge in [0.1, 0.15) is 11.8 Å². The minimum atomic E-state index is -0.496. The molecular formula is C21H32N4O3. The fourth-order valence-corrected chi connectivity index (χ4v) is 3.66. The quantitative estimate of drug-likeness (QED) is 0.688. The van der Waals surface area contributed by atoms with E-state index < -0.39 is 6.04 Å². The third kappa shape index (κ3) is 5.69. The molecule has 0 radical (unpaired) electrons. The highest BCUT2D eigenvalue weighted by molar-refractivity contribution is 5.87. The average molecular weight is 389 g/mol. The van der Waals surface area contributed by atoms with E-state index in [1.807, 2.05) is 6.92 Å². The zero-order valence-corrected chi connectivity index (χ0v) is 17.0. The molecule has 7 nitrogen and oxygen atoms in total. The third-order valence-corrected chi connectivity index (χ3v) is 5.31. The van der Waals surface area contributed by atoms with Crippen LogP contribution >= 0.6 is 0 Å². The minimum Gasteiger partial charge on any atom is -0.493 e. The maximum atomic E-state index is 12.2. The summed E-state index contributed by atoms with van der Waals surface area (Å²) in [6, 6.07) is 5.99. The number of piperazine rings is 1. The number of fused-ring (bicyclic) bond motifs is 1. The Morgan fingerprint density at radius 2 is 1.93 bits per heavy atom. The number of benzene rings is 1. The van der Waals surface area contributed by atoms with Gasteiger partial charge in [-0.25, -0.2) is 0 Å². The highest BCUT2D eigenvalue weighted by atomic mass is 16.5. The van der Waals surface area contributed by atoms with Crippen molar-refractivity contribution in [2.45, 2.75) is 39.3 Å². The van der Waals surface area contributed by atoms with E-state index >= 15 is 0 Å². The molecule has 2 heterocycles. The van der Waals surface area contributed by atoms with Crippen LogP contribution in [0, 0.1) is 0 Å². The highest BCUT2D eigenvalue weighted by Crippen LogP contribution is 2.26. The number of nitrogens with one attached hydrogen (secondary N) is 2. The summed E-state index contributed by atoms with van der Waals surface area (Å²) in [5, 5.41) is 5.60. The van der Waals surface area contributed by atoms with Crippen molar-refractivity contribution >= 4 is 11.8 Å².